The van der Waals surface area contributed by atoms with E-state index in [1.54, 1.807) is 0 Å². The van der Waals surface area contributed by atoms with Gasteiger partial charge in [-0.25, -0.2) is 0 Å². The topological polar surface area (TPSA) is 26.0 Å². The van der Waals surface area contributed by atoms with Crippen LogP contribution in [-0.2, 0) is 0 Å². The van der Waals surface area contributed by atoms with Crippen LogP contribution in [-0.4, -0.2) is 6.04 Å². The molecule has 2 N–H and O–H groups in total. The van der Waals surface area contributed by atoms with Gasteiger partial charge >= 0.3 is 0 Å². The molecular formula is C14H23N. The van der Waals surface area contributed by atoms with Crippen LogP contribution in [0.5, 0.6) is 0 Å². The summed E-state index contributed by atoms with van der Waals surface area (Å²) in [6.45, 7) is 6.69. The summed E-state index contributed by atoms with van der Waals surface area (Å²) in [5.41, 5.74) is 7.67. The molecule has 0 amide bonds. The van der Waals surface area contributed by atoms with Crippen LogP contribution < -0.4 is 5.73 Å². The minimum absolute atomic E-state index is 0.280. The van der Waals surface area contributed by atoms with Gasteiger partial charge < -0.3 is 5.73 Å². The Morgan fingerprint density at radius 2 is 1.60 bits per heavy atom. The Morgan fingerprint density at radius 3 is 2.07 bits per heavy atom. The van der Waals surface area contributed by atoms with E-state index in [9.17, 15) is 0 Å². The standard InChI is InChI=1S/C14H23N/c1-4-12(5-2)14(15)11(3)13-9-7-6-8-10-13/h6-12,14H,4-5,15H2,1-3H3. The highest BCUT2D eigenvalue weighted by Crippen LogP contribution is 2.25. The summed E-state index contributed by atoms with van der Waals surface area (Å²) in [6.07, 6.45) is 2.35. The predicted octanol–water partition coefficient (Wildman–Crippen LogP) is 3.55. The van der Waals surface area contributed by atoms with Crippen LogP contribution in [0.15, 0.2) is 30.3 Å². The molecule has 15 heavy (non-hydrogen) atoms. The molecule has 0 saturated heterocycles. The smallest absolute Gasteiger partial charge is 0.0133 e. The Kier molecular flexibility index (Phi) is 4.83. The molecule has 0 fully saturated rings. The van der Waals surface area contributed by atoms with Crippen molar-refractivity contribution >= 4 is 0 Å². The molecule has 1 rings (SSSR count). The first-order valence-corrected chi connectivity index (χ1v) is 6.01. The quantitative estimate of drug-likeness (QED) is 0.781. The van der Waals surface area contributed by atoms with Gasteiger partial charge in [-0.3, -0.25) is 0 Å². The summed E-state index contributed by atoms with van der Waals surface area (Å²) < 4.78 is 0. The van der Waals surface area contributed by atoms with Crippen molar-refractivity contribution in [1.29, 1.82) is 0 Å². The average Bonchev–Trinajstić information content (AvgIpc) is 2.30. The molecule has 2 unspecified atom stereocenters. The zero-order valence-corrected chi connectivity index (χ0v) is 10.1. The summed E-state index contributed by atoms with van der Waals surface area (Å²) in [5.74, 6) is 1.09. The normalized spacial score (nSPS) is 15.3. The van der Waals surface area contributed by atoms with Crippen LogP contribution in [0.3, 0.4) is 0 Å². The Morgan fingerprint density at radius 1 is 1.07 bits per heavy atom. The number of hydrogen-bond acceptors (Lipinski definition) is 1. The highest BCUT2D eigenvalue weighted by molar-refractivity contribution is 5.20. The predicted molar refractivity (Wildman–Crippen MR) is 66.9 cm³/mol. The summed E-state index contributed by atoms with van der Waals surface area (Å²) in [6, 6.07) is 10.9. The SMILES string of the molecule is CCC(CC)C(N)C(C)c1ccccc1. The third kappa shape index (κ3) is 3.07. The lowest BCUT2D eigenvalue weighted by Gasteiger charge is -2.27. The van der Waals surface area contributed by atoms with Crippen molar-refractivity contribution in [2.75, 3.05) is 0 Å². The van der Waals surface area contributed by atoms with E-state index >= 15 is 0 Å². The molecule has 0 saturated carbocycles. The van der Waals surface area contributed by atoms with Crippen LogP contribution in [0.1, 0.15) is 45.1 Å². The van der Waals surface area contributed by atoms with Crippen LogP contribution in [0.4, 0.5) is 0 Å². The molecule has 0 radical (unpaired) electrons. The zero-order valence-electron chi connectivity index (χ0n) is 10.1. The van der Waals surface area contributed by atoms with E-state index in [2.05, 4.69) is 51.1 Å². The largest absolute Gasteiger partial charge is 0.327 e. The highest BCUT2D eigenvalue weighted by atomic mass is 14.7. The first-order valence-electron chi connectivity index (χ1n) is 6.01. The molecular weight excluding hydrogens is 182 g/mol. The van der Waals surface area contributed by atoms with E-state index in [0.29, 0.717) is 11.8 Å². The molecule has 0 aromatic heterocycles. The molecule has 0 aliphatic carbocycles. The first kappa shape index (κ1) is 12.3. The molecule has 1 heteroatoms. The van der Waals surface area contributed by atoms with Crippen molar-refractivity contribution in [3.8, 4) is 0 Å². The summed E-state index contributed by atoms with van der Waals surface area (Å²) in [4.78, 5) is 0. The zero-order chi connectivity index (χ0) is 11.3. The van der Waals surface area contributed by atoms with Crippen LogP contribution in [0.2, 0.25) is 0 Å². The lowest BCUT2D eigenvalue weighted by atomic mass is 9.83. The van der Waals surface area contributed by atoms with E-state index in [-0.39, 0.29) is 6.04 Å². The van der Waals surface area contributed by atoms with Crippen LogP contribution in [0.25, 0.3) is 0 Å². The maximum atomic E-state index is 6.31. The van der Waals surface area contributed by atoms with Gasteiger partial charge in [0.15, 0.2) is 0 Å². The summed E-state index contributed by atoms with van der Waals surface area (Å²) >= 11 is 0. The van der Waals surface area contributed by atoms with Crippen molar-refractivity contribution in [2.45, 2.75) is 45.6 Å². The van der Waals surface area contributed by atoms with E-state index < -0.39 is 0 Å². The Hall–Kier alpha value is -0.820. The van der Waals surface area contributed by atoms with Gasteiger partial charge in [0.2, 0.25) is 0 Å². The molecule has 84 valence electrons. The van der Waals surface area contributed by atoms with Gasteiger partial charge in [0, 0.05) is 6.04 Å². The molecule has 0 heterocycles. The van der Waals surface area contributed by atoms with Gasteiger partial charge in [0.05, 0.1) is 0 Å². The molecule has 1 nitrogen and oxygen atoms in total. The second kappa shape index (κ2) is 5.92. The highest BCUT2D eigenvalue weighted by Gasteiger charge is 2.21. The number of rotatable bonds is 5. The van der Waals surface area contributed by atoms with Gasteiger partial charge in [-0.15, -0.1) is 0 Å². The van der Waals surface area contributed by atoms with Gasteiger partial charge in [-0.05, 0) is 17.4 Å². The average molecular weight is 205 g/mol. The maximum absolute atomic E-state index is 6.31. The third-order valence-corrected chi connectivity index (χ3v) is 3.50. The maximum Gasteiger partial charge on any atom is 0.0133 e. The van der Waals surface area contributed by atoms with Crippen molar-refractivity contribution < 1.29 is 0 Å². The second-order valence-corrected chi connectivity index (χ2v) is 4.35. The minimum atomic E-state index is 0.280. The van der Waals surface area contributed by atoms with E-state index in [1.807, 2.05) is 0 Å². The monoisotopic (exact) mass is 205 g/mol. The lowest BCUT2D eigenvalue weighted by molar-refractivity contribution is 0.358. The van der Waals surface area contributed by atoms with Crippen molar-refractivity contribution in [2.24, 2.45) is 11.7 Å². The fourth-order valence-electron chi connectivity index (χ4n) is 2.22. The molecule has 2 atom stereocenters. The second-order valence-electron chi connectivity index (χ2n) is 4.35. The third-order valence-electron chi connectivity index (χ3n) is 3.50. The molecule has 1 aromatic rings. The van der Waals surface area contributed by atoms with Gasteiger partial charge in [0.25, 0.3) is 0 Å². The minimum Gasteiger partial charge on any atom is -0.327 e. The molecule has 0 aliphatic heterocycles. The Labute approximate surface area is 93.7 Å². The fourth-order valence-corrected chi connectivity index (χ4v) is 2.22. The van der Waals surface area contributed by atoms with Crippen molar-refractivity contribution in [3.63, 3.8) is 0 Å². The Balaban J connectivity index is 2.71. The van der Waals surface area contributed by atoms with Gasteiger partial charge in [-0.1, -0.05) is 63.9 Å². The summed E-state index contributed by atoms with van der Waals surface area (Å²) in [7, 11) is 0. The van der Waals surface area contributed by atoms with Crippen molar-refractivity contribution in [3.05, 3.63) is 35.9 Å². The summed E-state index contributed by atoms with van der Waals surface area (Å²) in [5, 5.41) is 0. The first-order chi connectivity index (χ1) is 7.20. The van der Waals surface area contributed by atoms with E-state index in [0.717, 1.165) is 0 Å². The van der Waals surface area contributed by atoms with Gasteiger partial charge in [0.1, 0.15) is 0 Å². The van der Waals surface area contributed by atoms with Crippen molar-refractivity contribution in [1.82, 2.24) is 0 Å². The Bertz CT molecular complexity index is 264. The number of benzene rings is 1. The molecule has 1 aromatic carbocycles. The van der Waals surface area contributed by atoms with E-state index in [4.69, 9.17) is 5.73 Å². The fraction of sp³-hybridized carbons (Fsp3) is 0.571. The molecule has 0 spiro atoms. The van der Waals surface area contributed by atoms with Crippen LogP contribution in [0, 0.1) is 5.92 Å². The number of nitrogens with two attached hydrogens (primary N) is 1. The number of hydrogen-bond donors (Lipinski definition) is 1. The molecule has 0 bridgehead atoms. The van der Waals surface area contributed by atoms with Crippen LogP contribution >= 0.6 is 0 Å². The lowest BCUT2D eigenvalue weighted by Crippen LogP contribution is -2.34. The molecule has 0 aliphatic rings. The van der Waals surface area contributed by atoms with Gasteiger partial charge in [-0.2, -0.15) is 0 Å². The van der Waals surface area contributed by atoms with E-state index in [1.165, 1.54) is 18.4 Å².